The Balaban J connectivity index is 0.000000274. The third-order valence-corrected chi connectivity index (χ3v) is 16.5. The Kier molecular flexibility index (Phi) is 33.0. The topological polar surface area (TPSA) is 150 Å². The Hall–Kier alpha value is -5.21. The van der Waals surface area contributed by atoms with Crippen LogP contribution in [0.1, 0.15) is 110 Å². The SMILES string of the molecule is C.COC(=O)C(Br)c1ccccc1CBr.COC(=O)C1c2ccccc2CN1Cc1ccccc1.NCc1ccccc1.OCC1NCc2ccccc21.OCC1c2ccccc2CN1Cc1ccccc1.SCC1NCc2ccccc21.[B].[H-].[Na+]. The molecule has 0 spiro atoms. The summed E-state index contributed by atoms with van der Waals surface area (Å²) in [6.45, 7) is 6.25. The van der Waals surface area contributed by atoms with Crippen molar-refractivity contribution in [3.63, 3.8) is 0 Å². The maximum absolute atomic E-state index is 12.1. The molecule has 0 saturated carbocycles. The first-order valence-electron chi connectivity index (χ1n) is 27.5. The van der Waals surface area contributed by atoms with Gasteiger partial charge in [0.15, 0.2) is 0 Å². The van der Waals surface area contributed by atoms with Gasteiger partial charge in [-0.3, -0.25) is 14.6 Å². The van der Waals surface area contributed by atoms with Crippen molar-refractivity contribution in [2.45, 2.75) is 87.6 Å². The molecule has 4 aliphatic rings. The third kappa shape index (κ3) is 20.7. The van der Waals surface area contributed by atoms with Gasteiger partial charge in [0.05, 0.1) is 39.5 Å². The predicted octanol–water partition coefficient (Wildman–Crippen LogP) is 9.94. The summed E-state index contributed by atoms with van der Waals surface area (Å²) >= 11 is 11.0. The molecule has 5 unspecified atom stereocenters. The van der Waals surface area contributed by atoms with Gasteiger partial charge in [0.25, 0.3) is 0 Å². The summed E-state index contributed by atoms with van der Waals surface area (Å²) in [6.07, 6.45) is 0. The monoisotopic (exact) mass is 1300 g/mol. The zero-order valence-electron chi connectivity index (χ0n) is 49.2. The van der Waals surface area contributed by atoms with Crippen molar-refractivity contribution < 1.29 is 60.3 Å². The van der Waals surface area contributed by atoms with Gasteiger partial charge in [0.1, 0.15) is 10.9 Å². The van der Waals surface area contributed by atoms with Gasteiger partial charge >= 0.3 is 41.5 Å². The number of alkyl halides is 2. The molecule has 0 saturated heterocycles. The minimum atomic E-state index is -0.388. The van der Waals surface area contributed by atoms with Crippen molar-refractivity contribution in [2.24, 2.45) is 5.73 Å². The number of esters is 2. The van der Waals surface area contributed by atoms with Crippen LogP contribution in [0.2, 0.25) is 0 Å². The average Bonchev–Trinajstić information content (AvgIpc) is 3.74. The Morgan fingerprint density at radius 3 is 1.49 bits per heavy atom. The first-order valence-corrected chi connectivity index (χ1v) is 30.2. The second-order valence-electron chi connectivity index (χ2n) is 19.8. The van der Waals surface area contributed by atoms with E-state index in [2.05, 4.69) is 167 Å². The Bertz CT molecular complexity index is 3170. The Labute approximate surface area is 552 Å². The van der Waals surface area contributed by atoms with Crippen molar-refractivity contribution in [3.05, 3.63) is 285 Å². The van der Waals surface area contributed by atoms with Gasteiger partial charge in [-0.1, -0.05) is 252 Å². The molecule has 0 aromatic heterocycles. The summed E-state index contributed by atoms with van der Waals surface area (Å²) in [5.41, 5.74) is 21.3. The molecule has 6 N–H and O–H groups in total. The van der Waals surface area contributed by atoms with E-state index in [4.69, 9.17) is 15.6 Å². The summed E-state index contributed by atoms with van der Waals surface area (Å²) in [6, 6.07) is 72.0. The van der Waals surface area contributed by atoms with Gasteiger partial charge in [-0.15, -0.1) is 0 Å². The van der Waals surface area contributed by atoms with Crippen LogP contribution in [-0.2, 0) is 70.2 Å². The van der Waals surface area contributed by atoms with Crippen molar-refractivity contribution >= 4 is 64.8 Å². The van der Waals surface area contributed by atoms with Crippen LogP contribution in [0.5, 0.6) is 0 Å². The van der Waals surface area contributed by atoms with Crippen LogP contribution in [0, 0.1) is 0 Å². The van der Waals surface area contributed by atoms with Gasteiger partial charge in [-0.25, -0.2) is 4.79 Å². The number of benzene rings is 8. The van der Waals surface area contributed by atoms with E-state index in [-0.39, 0.29) is 94.9 Å². The number of carbonyl (C=O) groups is 2. The van der Waals surface area contributed by atoms with Gasteiger partial charge in [-0.05, 0) is 72.3 Å². The summed E-state index contributed by atoms with van der Waals surface area (Å²) in [4.78, 5) is 27.5. The largest absolute Gasteiger partial charge is 1.00 e. The quantitative estimate of drug-likeness (QED) is 0.0301. The second-order valence-corrected chi connectivity index (χ2v) is 21.7. The number of methoxy groups -OCH3 is 2. The summed E-state index contributed by atoms with van der Waals surface area (Å²) in [5.74, 6) is 0.418. The van der Waals surface area contributed by atoms with Crippen LogP contribution >= 0.6 is 44.5 Å². The molecule has 441 valence electrons. The number of nitrogens with one attached hydrogen (secondary N) is 2. The van der Waals surface area contributed by atoms with Crippen LogP contribution in [0.15, 0.2) is 212 Å². The predicted molar refractivity (Wildman–Crippen MR) is 353 cm³/mol. The normalized spacial score (nSPS) is 16.7. The molecular formula is C69H80BBr2N5NaO6S. The number of aliphatic hydroxyl groups is 2. The number of rotatable bonds is 12. The van der Waals surface area contributed by atoms with E-state index < -0.39 is 0 Å². The van der Waals surface area contributed by atoms with Crippen molar-refractivity contribution in [1.82, 2.24) is 20.4 Å². The standard InChI is InChI=1S/C17H17NO2.C16H17NO.C10H10Br2O2.C9H11NO.C9H11NS.C7H9N.CH4.B.Na.H/c1-20-17(19)16-15-10-6-5-9-14(15)12-18(16)11-13-7-3-2-4-8-13;18-12-16-15-9-5-4-8-14(15)11-17(16)10-13-6-2-1-3-7-13;1-14-10(13)9(12)8-5-3-2-4-7(8)6-11;2*11-6-9-8-4-2-1-3-7(8)5-10-9;8-6-7-4-2-1-3-5-7;;;;/h2-10,16H,11-12H2,1H3;1-9,16,18H,10-12H2;2-5,9H,6H2,1H3;2*1-4,9-11H,5-6H2;1-5H,6,8H2;1H4;;;/q;;;;;;;;+1;-1. The van der Waals surface area contributed by atoms with E-state index in [1.807, 2.05) is 115 Å². The fraction of sp³-hybridized carbons (Fsp3) is 0.275. The van der Waals surface area contributed by atoms with Crippen LogP contribution in [0.4, 0.5) is 0 Å². The van der Waals surface area contributed by atoms with E-state index in [0.717, 1.165) is 67.0 Å². The molecule has 8 aromatic rings. The van der Waals surface area contributed by atoms with E-state index in [1.165, 1.54) is 69.9 Å². The molecule has 0 bridgehead atoms. The fourth-order valence-electron chi connectivity index (χ4n) is 10.4. The molecule has 12 rings (SSSR count). The number of hydrogen-bond acceptors (Lipinski definition) is 12. The Morgan fingerprint density at radius 2 is 1.01 bits per heavy atom. The number of aliphatic hydroxyl groups excluding tert-OH is 2. The van der Waals surface area contributed by atoms with Crippen LogP contribution in [0.3, 0.4) is 0 Å². The summed E-state index contributed by atoms with van der Waals surface area (Å²) in [7, 11) is 2.83. The molecule has 4 heterocycles. The zero-order valence-corrected chi connectivity index (χ0v) is 54.2. The molecule has 11 nitrogen and oxygen atoms in total. The zero-order chi connectivity index (χ0) is 58.1. The summed E-state index contributed by atoms with van der Waals surface area (Å²) in [5, 5.41) is 25.9. The smallest absolute Gasteiger partial charge is 1.00 e. The van der Waals surface area contributed by atoms with Gasteiger partial charge in [0.2, 0.25) is 0 Å². The molecular weight excluding hydrogens is 1220 g/mol. The molecule has 5 atom stereocenters. The van der Waals surface area contributed by atoms with Crippen LogP contribution in [-0.4, -0.2) is 73.6 Å². The molecule has 16 heteroatoms. The van der Waals surface area contributed by atoms with Crippen LogP contribution < -0.4 is 45.9 Å². The number of nitrogens with zero attached hydrogens (tertiary/aromatic N) is 2. The van der Waals surface area contributed by atoms with E-state index in [9.17, 15) is 14.7 Å². The van der Waals surface area contributed by atoms with Gasteiger partial charge in [0, 0.05) is 71.4 Å². The molecule has 0 amide bonds. The number of halogens is 2. The van der Waals surface area contributed by atoms with Crippen molar-refractivity contribution in [2.75, 3.05) is 33.2 Å². The minimum Gasteiger partial charge on any atom is -1.00 e. The van der Waals surface area contributed by atoms with Crippen LogP contribution in [0.25, 0.3) is 0 Å². The van der Waals surface area contributed by atoms with Crippen molar-refractivity contribution in [3.8, 4) is 0 Å². The van der Waals surface area contributed by atoms with E-state index >= 15 is 0 Å². The van der Waals surface area contributed by atoms with E-state index in [0.29, 0.717) is 12.6 Å². The molecule has 8 aromatic carbocycles. The molecule has 0 fully saturated rings. The van der Waals surface area contributed by atoms with Crippen molar-refractivity contribution in [1.29, 1.82) is 0 Å². The number of fused-ring (bicyclic) bond motifs is 4. The van der Waals surface area contributed by atoms with Gasteiger partial charge < -0.3 is 37.5 Å². The molecule has 4 aliphatic heterocycles. The number of carbonyl (C=O) groups excluding carboxylic acids is 2. The second kappa shape index (κ2) is 38.8. The maximum Gasteiger partial charge on any atom is 1.00 e. The minimum absolute atomic E-state index is 0. The fourth-order valence-corrected chi connectivity index (χ4v) is 11.8. The number of thiol groups is 1. The first kappa shape index (κ1) is 72.3. The Morgan fingerprint density at radius 1 is 0.588 bits per heavy atom. The number of ether oxygens (including phenoxy) is 2. The molecule has 85 heavy (non-hydrogen) atoms. The summed E-state index contributed by atoms with van der Waals surface area (Å²) < 4.78 is 9.64. The molecule has 0 aliphatic carbocycles. The number of hydrogen-bond donors (Lipinski definition) is 6. The average molecular weight is 1300 g/mol. The number of nitrogens with two attached hydrogens (primary N) is 1. The first-order chi connectivity index (χ1) is 40.1. The van der Waals surface area contributed by atoms with Gasteiger partial charge in [-0.2, -0.15) is 12.6 Å². The van der Waals surface area contributed by atoms with E-state index in [1.54, 1.807) is 0 Å². The maximum atomic E-state index is 12.1. The third-order valence-electron chi connectivity index (χ3n) is 14.6. The molecule has 3 radical (unpaired) electrons.